The first-order chi connectivity index (χ1) is 10.8. The van der Waals surface area contributed by atoms with Gasteiger partial charge in [0, 0.05) is 24.7 Å². The van der Waals surface area contributed by atoms with Crippen molar-refractivity contribution < 1.29 is 14.6 Å². The number of aliphatic hydroxyl groups excluding tert-OH is 1. The van der Waals surface area contributed by atoms with E-state index in [1.807, 2.05) is 32.9 Å². The highest BCUT2D eigenvalue weighted by Gasteiger charge is 2.25. The molecule has 3 unspecified atom stereocenters. The van der Waals surface area contributed by atoms with Crippen LogP contribution < -0.4 is 5.32 Å². The first-order valence-corrected chi connectivity index (χ1v) is 8.17. The second-order valence-corrected chi connectivity index (χ2v) is 6.48. The average Bonchev–Trinajstić information content (AvgIpc) is 2.46. The Kier molecular flexibility index (Phi) is 7.82. The molecule has 0 aromatic heterocycles. The molecular weight excluding hydrogens is 316 g/mol. The zero-order chi connectivity index (χ0) is 17.6. The Morgan fingerprint density at radius 3 is 2.26 bits per heavy atom. The standard InChI is InChI=1S/C17H27ClN2O3/c1-11(2)20(10-12(3)21)17(22)19-13(4)16(23-5)14-6-8-15(18)9-7-14/h6-9,11-13,16,21H,10H2,1-5H3,(H,19,22). The Bertz CT molecular complexity index is 491. The monoisotopic (exact) mass is 342 g/mol. The van der Waals surface area contributed by atoms with Crippen molar-refractivity contribution in [1.29, 1.82) is 0 Å². The molecule has 3 atom stereocenters. The van der Waals surface area contributed by atoms with Crippen molar-refractivity contribution in [2.45, 2.75) is 52.0 Å². The molecule has 0 spiro atoms. The van der Waals surface area contributed by atoms with E-state index in [1.54, 1.807) is 31.1 Å². The van der Waals surface area contributed by atoms with Crippen molar-refractivity contribution in [3.05, 3.63) is 34.9 Å². The fraction of sp³-hybridized carbons (Fsp3) is 0.588. The Morgan fingerprint density at radius 2 is 1.83 bits per heavy atom. The van der Waals surface area contributed by atoms with Gasteiger partial charge in [-0.3, -0.25) is 0 Å². The van der Waals surface area contributed by atoms with Crippen molar-refractivity contribution in [2.24, 2.45) is 0 Å². The van der Waals surface area contributed by atoms with Gasteiger partial charge in [-0.1, -0.05) is 23.7 Å². The van der Waals surface area contributed by atoms with Gasteiger partial charge in [0.2, 0.25) is 0 Å². The summed E-state index contributed by atoms with van der Waals surface area (Å²) in [7, 11) is 1.61. The topological polar surface area (TPSA) is 61.8 Å². The molecule has 2 N–H and O–H groups in total. The van der Waals surface area contributed by atoms with Gasteiger partial charge >= 0.3 is 6.03 Å². The molecule has 0 aliphatic heterocycles. The maximum Gasteiger partial charge on any atom is 0.318 e. The van der Waals surface area contributed by atoms with Crippen LogP contribution in [-0.4, -0.2) is 47.9 Å². The second kappa shape index (κ2) is 9.11. The predicted octanol–water partition coefficient (Wildman–Crippen LogP) is 3.22. The molecule has 0 saturated heterocycles. The number of carbonyl (C=O) groups is 1. The van der Waals surface area contributed by atoms with E-state index in [9.17, 15) is 9.90 Å². The van der Waals surface area contributed by atoms with Crippen LogP contribution in [0.3, 0.4) is 0 Å². The van der Waals surface area contributed by atoms with Crippen LogP contribution in [0.1, 0.15) is 39.4 Å². The lowest BCUT2D eigenvalue weighted by Gasteiger charge is -2.31. The first kappa shape index (κ1) is 19.7. The lowest BCUT2D eigenvalue weighted by molar-refractivity contribution is 0.0694. The number of hydrogen-bond acceptors (Lipinski definition) is 3. The first-order valence-electron chi connectivity index (χ1n) is 7.79. The number of ether oxygens (including phenoxy) is 1. The summed E-state index contributed by atoms with van der Waals surface area (Å²) < 4.78 is 5.53. The van der Waals surface area contributed by atoms with Crippen LogP contribution in [0, 0.1) is 0 Å². The minimum absolute atomic E-state index is 0.00618. The molecular formula is C17H27ClN2O3. The summed E-state index contributed by atoms with van der Waals surface area (Å²) in [5, 5.41) is 13.2. The highest BCUT2D eigenvalue weighted by molar-refractivity contribution is 6.30. The summed E-state index contributed by atoms with van der Waals surface area (Å²) in [5.41, 5.74) is 0.941. The zero-order valence-electron chi connectivity index (χ0n) is 14.4. The number of methoxy groups -OCH3 is 1. The van der Waals surface area contributed by atoms with Gasteiger partial charge in [-0.05, 0) is 45.4 Å². The molecule has 0 saturated carbocycles. The fourth-order valence-corrected chi connectivity index (χ4v) is 2.57. The molecule has 0 aliphatic rings. The van der Waals surface area contributed by atoms with Gasteiger partial charge < -0.3 is 20.1 Å². The van der Waals surface area contributed by atoms with E-state index >= 15 is 0 Å². The number of urea groups is 1. The number of rotatable bonds is 7. The second-order valence-electron chi connectivity index (χ2n) is 6.04. The van der Waals surface area contributed by atoms with Crippen molar-refractivity contribution in [3.63, 3.8) is 0 Å². The van der Waals surface area contributed by atoms with Gasteiger partial charge in [0.1, 0.15) is 6.10 Å². The minimum Gasteiger partial charge on any atom is -0.392 e. The van der Waals surface area contributed by atoms with E-state index in [-0.39, 0.29) is 30.8 Å². The Balaban J connectivity index is 2.79. The molecule has 0 heterocycles. The number of halogens is 1. The summed E-state index contributed by atoms with van der Waals surface area (Å²) in [6.07, 6.45) is -0.857. The maximum absolute atomic E-state index is 12.5. The maximum atomic E-state index is 12.5. The summed E-state index contributed by atoms with van der Waals surface area (Å²) in [5.74, 6) is 0. The zero-order valence-corrected chi connectivity index (χ0v) is 15.2. The predicted molar refractivity (Wildman–Crippen MR) is 92.7 cm³/mol. The molecule has 0 bridgehead atoms. The van der Waals surface area contributed by atoms with E-state index in [0.717, 1.165) is 5.56 Å². The largest absolute Gasteiger partial charge is 0.392 e. The van der Waals surface area contributed by atoms with Gasteiger partial charge in [-0.25, -0.2) is 4.79 Å². The van der Waals surface area contributed by atoms with Crippen molar-refractivity contribution in [2.75, 3.05) is 13.7 Å². The molecule has 2 amide bonds. The summed E-state index contributed by atoms with van der Waals surface area (Å²) in [6.45, 7) is 7.67. The number of benzene rings is 1. The smallest absolute Gasteiger partial charge is 0.318 e. The van der Waals surface area contributed by atoms with E-state index in [0.29, 0.717) is 5.02 Å². The van der Waals surface area contributed by atoms with Crippen LogP contribution >= 0.6 is 11.6 Å². The third-order valence-electron chi connectivity index (χ3n) is 3.60. The molecule has 23 heavy (non-hydrogen) atoms. The van der Waals surface area contributed by atoms with E-state index in [2.05, 4.69) is 5.32 Å². The molecule has 0 aliphatic carbocycles. The number of aliphatic hydroxyl groups is 1. The summed E-state index contributed by atoms with van der Waals surface area (Å²) in [4.78, 5) is 14.1. The quantitative estimate of drug-likeness (QED) is 0.799. The Labute approximate surface area is 143 Å². The molecule has 0 fully saturated rings. The van der Waals surface area contributed by atoms with Crippen LogP contribution in [0.15, 0.2) is 24.3 Å². The third kappa shape index (κ3) is 6.01. The van der Waals surface area contributed by atoms with Crippen molar-refractivity contribution in [1.82, 2.24) is 10.2 Å². The highest BCUT2D eigenvalue weighted by Crippen LogP contribution is 2.22. The van der Waals surface area contributed by atoms with Crippen molar-refractivity contribution in [3.8, 4) is 0 Å². The Morgan fingerprint density at radius 1 is 1.26 bits per heavy atom. The summed E-state index contributed by atoms with van der Waals surface area (Å²) in [6, 6.07) is 6.91. The molecule has 1 aromatic rings. The fourth-order valence-electron chi connectivity index (χ4n) is 2.45. The lowest BCUT2D eigenvalue weighted by Crippen LogP contribution is -2.50. The van der Waals surface area contributed by atoms with Gasteiger partial charge in [-0.2, -0.15) is 0 Å². The normalized spacial score (nSPS) is 15.1. The number of nitrogens with one attached hydrogen (secondary N) is 1. The number of nitrogens with zero attached hydrogens (tertiary/aromatic N) is 1. The molecule has 6 heteroatoms. The van der Waals surface area contributed by atoms with Crippen LogP contribution in [0.5, 0.6) is 0 Å². The molecule has 1 rings (SSSR count). The van der Waals surface area contributed by atoms with Gasteiger partial charge in [0.15, 0.2) is 0 Å². The number of carbonyl (C=O) groups excluding carboxylic acids is 1. The van der Waals surface area contributed by atoms with Crippen LogP contribution in [0.2, 0.25) is 5.02 Å². The molecule has 130 valence electrons. The molecule has 1 aromatic carbocycles. The number of amides is 2. The van der Waals surface area contributed by atoms with Gasteiger partial charge in [0.05, 0.1) is 12.1 Å². The third-order valence-corrected chi connectivity index (χ3v) is 3.85. The average molecular weight is 343 g/mol. The lowest BCUT2D eigenvalue weighted by atomic mass is 10.0. The van der Waals surface area contributed by atoms with E-state index in [4.69, 9.17) is 16.3 Å². The summed E-state index contributed by atoms with van der Waals surface area (Å²) >= 11 is 5.91. The molecule has 0 radical (unpaired) electrons. The van der Waals surface area contributed by atoms with Crippen molar-refractivity contribution >= 4 is 17.6 Å². The Hall–Kier alpha value is -1.30. The van der Waals surface area contributed by atoms with Crippen LogP contribution in [0.4, 0.5) is 4.79 Å². The van der Waals surface area contributed by atoms with Gasteiger partial charge in [-0.15, -0.1) is 0 Å². The minimum atomic E-state index is -0.576. The SMILES string of the molecule is COC(c1ccc(Cl)cc1)C(C)NC(=O)N(CC(C)O)C(C)C. The molecule has 5 nitrogen and oxygen atoms in total. The van der Waals surface area contributed by atoms with Crippen LogP contribution in [0.25, 0.3) is 0 Å². The van der Waals surface area contributed by atoms with E-state index in [1.165, 1.54) is 0 Å². The highest BCUT2D eigenvalue weighted by atomic mass is 35.5. The van der Waals surface area contributed by atoms with E-state index < -0.39 is 6.10 Å². The van der Waals surface area contributed by atoms with Gasteiger partial charge in [0.25, 0.3) is 0 Å². The van der Waals surface area contributed by atoms with Crippen LogP contribution in [-0.2, 0) is 4.74 Å². The number of hydrogen-bond donors (Lipinski definition) is 2.